The minimum atomic E-state index is -0.262. The number of rotatable bonds is 7. The Morgan fingerprint density at radius 1 is 1.41 bits per heavy atom. The number of aliphatic hydroxyl groups is 1. The van der Waals surface area contributed by atoms with Crippen molar-refractivity contribution < 1.29 is 5.11 Å². The van der Waals surface area contributed by atoms with Crippen molar-refractivity contribution in [1.82, 2.24) is 9.80 Å². The SMILES string of the molecule is CN1CCC(CCN(C)CC(O)CCN)CC1. The van der Waals surface area contributed by atoms with Gasteiger partial charge in [0.05, 0.1) is 6.10 Å². The lowest BCUT2D eigenvalue weighted by molar-refractivity contribution is 0.113. The van der Waals surface area contributed by atoms with Gasteiger partial charge in [0.2, 0.25) is 0 Å². The van der Waals surface area contributed by atoms with Crippen LogP contribution >= 0.6 is 0 Å². The Morgan fingerprint density at radius 2 is 2.06 bits per heavy atom. The van der Waals surface area contributed by atoms with E-state index < -0.39 is 0 Å². The molecule has 0 amide bonds. The molecule has 1 rings (SSSR count). The lowest BCUT2D eigenvalue weighted by Crippen LogP contribution is -2.34. The molecule has 1 unspecified atom stereocenters. The number of likely N-dealkylation sites (tertiary alicyclic amines) is 1. The molecule has 0 aromatic carbocycles. The molecular formula is C13H29N3O. The fraction of sp³-hybridized carbons (Fsp3) is 1.00. The Hall–Kier alpha value is -0.160. The number of nitrogens with zero attached hydrogens (tertiary/aromatic N) is 2. The van der Waals surface area contributed by atoms with E-state index in [4.69, 9.17) is 5.73 Å². The normalized spacial score (nSPS) is 21.0. The second-order valence-electron chi connectivity index (χ2n) is 5.53. The Bertz CT molecular complexity index is 193. The van der Waals surface area contributed by atoms with Gasteiger partial charge in [-0.3, -0.25) is 0 Å². The number of nitrogens with two attached hydrogens (primary N) is 1. The minimum Gasteiger partial charge on any atom is -0.392 e. The summed E-state index contributed by atoms with van der Waals surface area (Å²) in [6.45, 7) is 4.90. The van der Waals surface area contributed by atoms with E-state index in [0.29, 0.717) is 13.0 Å². The van der Waals surface area contributed by atoms with Crippen LogP contribution in [0.1, 0.15) is 25.7 Å². The predicted octanol–water partition coefficient (Wildman–Crippen LogP) is 0.360. The van der Waals surface area contributed by atoms with Gasteiger partial charge in [0.25, 0.3) is 0 Å². The zero-order valence-corrected chi connectivity index (χ0v) is 11.4. The van der Waals surface area contributed by atoms with Gasteiger partial charge in [-0.25, -0.2) is 0 Å². The fourth-order valence-corrected chi connectivity index (χ4v) is 2.49. The van der Waals surface area contributed by atoms with Crippen LogP contribution in [-0.2, 0) is 0 Å². The van der Waals surface area contributed by atoms with Crippen LogP contribution in [0.4, 0.5) is 0 Å². The van der Waals surface area contributed by atoms with Crippen molar-refractivity contribution >= 4 is 0 Å². The van der Waals surface area contributed by atoms with Gasteiger partial charge < -0.3 is 20.6 Å². The van der Waals surface area contributed by atoms with Gasteiger partial charge in [0.15, 0.2) is 0 Å². The van der Waals surface area contributed by atoms with Crippen LogP contribution < -0.4 is 5.73 Å². The first-order valence-corrected chi connectivity index (χ1v) is 6.87. The van der Waals surface area contributed by atoms with Gasteiger partial charge in [-0.2, -0.15) is 0 Å². The van der Waals surface area contributed by atoms with Crippen molar-refractivity contribution in [3.8, 4) is 0 Å². The van der Waals surface area contributed by atoms with E-state index in [1.54, 1.807) is 0 Å². The first kappa shape index (κ1) is 14.9. The maximum Gasteiger partial charge on any atom is 0.0679 e. The molecule has 4 heteroatoms. The lowest BCUT2D eigenvalue weighted by Gasteiger charge is -2.30. The van der Waals surface area contributed by atoms with Gasteiger partial charge >= 0.3 is 0 Å². The number of aliphatic hydroxyl groups excluding tert-OH is 1. The van der Waals surface area contributed by atoms with Crippen LogP contribution in [0.25, 0.3) is 0 Å². The van der Waals surface area contributed by atoms with Crippen LogP contribution in [-0.4, -0.2) is 67.8 Å². The third-order valence-corrected chi connectivity index (χ3v) is 3.78. The summed E-state index contributed by atoms with van der Waals surface area (Å²) in [5, 5.41) is 9.66. The Labute approximate surface area is 106 Å². The summed E-state index contributed by atoms with van der Waals surface area (Å²) in [6.07, 6.45) is 4.37. The van der Waals surface area contributed by atoms with E-state index in [2.05, 4.69) is 23.9 Å². The summed E-state index contributed by atoms with van der Waals surface area (Å²) in [5.41, 5.74) is 5.43. The van der Waals surface area contributed by atoms with E-state index in [1.807, 2.05) is 0 Å². The van der Waals surface area contributed by atoms with Gasteiger partial charge in [-0.05, 0) is 71.9 Å². The first-order valence-electron chi connectivity index (χ1n) is 6.87. The van der Waals surface area contributed by atoms with Crippen molar-refractivity contribution in [3.05, 3.63) is 0 Å². The highest BCUT2D eigenvalue weighted by atomic mass is 16.3. The van der Waals surface area contributed by atoms with Crippen molar-refractivity contribution in [2.75, 3.05) is 46.8 Å². The molecule has 0 aliphatic carbocycles. The van der Waals surface area contributed by atoms with E-state index in [9.17, 15) is 5.11 Å². The van der Waals surface area contributed by atoms with Gasteiger partial charge in [0.1, 0.15) is 0 Å². The standard InChI is InChI=1S/C13H29N3O/c1-15-8-4-12(5-9-15)6-10-16(2)11-13(17)3-7-14/h12-13,17H,3-11,14H2,1-2H3. The summed E-state index contributed by atoms with van der Waals surface area (Å²) >= 11 is 0. The molecule has 1 aliphatic rings. The first-order chi connectivity index (χ1) is 8.11. The van der Waals surface area contributed by atoms with E-state index in [1.165, 1.54) is 32.4 Å². The highest BCUT2D eigenvalue weighted by Crippen LogP contribution is 2.19. The predicted molar refractivity (Wildman–Crippen MR) is 72.0 cm³/mol. The molecule has 0 aromatic heterocycles. The van der Waals surface area contributed by atoms with Gasteiger partial charge in [-0.15, -0.1) is 0 Å². The number of likely N-dealkylation sites (N-methyl/N-ethyl adjacent to an activating group) is 1. The molecule has 0 saturated carbocycles. The Kier molecular flexibility index (Phi) is 7.04. The second-order valence-corrected chi connectivity index (χ2v) is 5.53. The number of hydrogen-bond acceptors (Lipinski definition) is 4. The molecule has 0 aromatic rings. The van der Waals surface area contributed by atoms with Crippen LogP contribution in [0.3, 0.4) is 0 Å². The lowest BCUT2D eigenvalue weighted by atomic mass is 9.93. The third-order valence-electron chi connectivity index (χ3n) is 3.78. The van der Waals surface area contributed by atoms with E-state index in [0.717, 1.165) is 19.0 Å². The van der Waals surface area contributed by atoms with Crippen LogP contribution in [0.2, 0.25) is 0 Å². The van der Waals surface area contributed by atoms with Crippen LogP contribution in [0, 0.1) is 5.92 Å². The Morgan fingerprint density at radius 3 is 2.65 bits per heavy atom. The monoisotopic (exact) mass is 243 g/mol. The molecule has 1 saturated heterocycles. The molecule has 1 atom stereocenters. The zero-order chi connectivity index (χ0) is 12.7. The fourth-order valence-electron chi connectivity index (χ4n) is 2.49. The second kappa shape index (κ2) is 8.03. The molecule has 1 fully saturated rings. The van der Waals surface area contributed by atoms with E-state index in [-0.39, 0.29) is 6.10 Å². The van der Waals surface area contributed by atoms with Gasteiger partial charge in [0, 0.05) is 6.54 Å². The topological polar surface area (TPSA) is 52.7 Å². The maximum atomic E-state index is 9.66. The van der Waals surface area contributed by atoms with Crippen LogP contribution in [0.5, 0.6) is 0 Å². The highest BCUT2D eigenvalue weighted by molar-refractivity contribution is 4.71. The molecule has 1 aliphatic heterocycles. The molecule has 3 N–H and O–H groups in total. The summed E-state index contributed by atoms with van der Waals surface area (Å²) < 4.78 is 0. The molecule has 0 radical (unpaired) electrons. The summed E-state index contributed by atoms with van der Waals surface area (Å²) in [6, 6.07) is 0. The molecule has 17 heavy (non-hydrogen) atoms. The average Bonchev–Trinajstić information content (AvgIpc) is 2.28. The van der Waals surface area contributed by atoms with Crippen molar-refractivity contribution in [3.63, 3.8) is 0 Å². The largest absolute Gasteiger partial charge is 0.392 e. The summed E-state index contributed by atoms with van der Waals surface area (Å²) in [4.78, 5) is 4.64. The molecule has 1 heterocycles. The van der Waals surface area contributed by atoms with Gasteiger partial charge in [-0.1, -0.05) is 0 Å². The average molecular weight is 243 g/mol. The smallest absolute Gasteiger partial charge is 0.0679 e. The maximum absolute atomic E-state index is 9.66. The summed E-state index contributed by atoms with van der Waals surface area (Å²) in [7, 11) is 4.29. The molecule has 0 bridgehead atoms. The summed E-state index contributed by atoms with van der Waals surface area (Å²) in [5.74, 6) is 0.875. The van der Waals surface area contributed by atoms with Crippen molar-refractivity contribution in [2.24, 2.45) is 11.7 Å². The third kappa shape index (κ3) is 6.36. The molecular weight excluding hydrogens is 214 g/mol. The minimum absolute atomic E-state index is 0.262. The quantitative estimate of drug-likeness (QED) is 0.678. The molecule has 102 valence electrons. The Balaban J connectivity index is 2.08. The molecule has 4 nitrogen and oxygen atoms in total. The number of piperidine rings is 1. The zero-order valence-electron chi connectivity index (χ0n) is 11.4. The number of hydrogen-bond donors (Lipinski definition) is 2. The van der Waals surface area contributed by atoms with Crippen LogP contribution in [0.15, 0.2) is 0 Å². The highest BCUT2D eigenvalue weighted by Gasteiger charge is 2.17. The van der Waals surface area contributed by atoms with Crippen molar-refractivity contribution in [2.45, 2.75) is 31.8 Å². The molecule has 0 spiro atoms. The van der Waals surface area contributed by atoms with Crippen molar-refractivity contribution in [1.29, 1.82) is 0 Å². The van der Waals surface area contributed by atoms with E-state index >= 15 is 0 Å².